The Bertz CT molecular complexity index is 2730. The maximum atomic E-state index is 2.57. The van der Waals surface area contributed by atoms with E-state index in [9.17, 15) is 0 Å². The van der Waals surface area contributed by atoms with Crippen molar-refractivity contribution in [3.63, 3.8) is 0 Å². The molecular formula is C52H44N2. The zero-order chi connectivity index (χ0) is 36.4. The van der Waals surface area contributed by atoms with E-state index in [4.69, 9.17) is 0 Å². The van der Waals surface area contributed by atoms with Gasteiger partial charge in [0, 0.05) is 44.3 Å². The van der Waals surface area contributed by atoms with Crippen molar-refractivity contribution in [2.45, 2.75) is 38.6 Å². The number of hydrogen-bond donors (Lipinski definition) is 0. The van der Waals surface area contributed by atoms with Crippen LogP contribution in [0, 0.1) is 11.8 Å². The average molecular weight is 697 g/mol. The molecule has 54 heavy (non-hydrogen) atoms. The minimum atomic E-state index is -0.0678. The average Bonchev–Trinajstić information content (AvgIpc) is 3.67. The minimum absolute atomic E-state index is 0.0678. The molecule has 0 fully saturated rings. The molecular weight excluding hydrogens is 653 g/mol. The highest BCUT2D eigenvalue weighted by atomic mass is 15.2. The first-order chi connectivity index (χ1) is 26.5. The van der Waals surface area contributed by atoms with Crippen LogP contribution in [-0.2, 0) is 5.41 Å². The van der Waals surface area contributed by atoms with Gasteiger partial charge in [-0.05, 0) is 93.8 Å². The summed E-state index contributed by atoms with van der Waals surface area (Å²) in [6.45, 7) is 7.14. The lowest BCUT2D eigenvalue weighted by molar-refractivity contribution is 0.595. The number of rotatable bonds is 6. The van der Waals surface area contributed by atoms with Crippen molar-refractivity contribution in [3.05, 3.63) is 197 Å². The van der Waals surface area contributed by atoms with Crippen molar-refractivity contribution in [3.8, 4) is 27.9 Å². The molecule has 262 valence electrons. The van der Waals surface area contributed by atoms with E-state index in [2.05, 4.69) is 212 Å². The lowest BCUT2D eigenvalue weighted by atomic mass is 9.81. The molecule has 0 bridgehead atoms. The highest BCUT2D eigenvalue weighted by Crippen LogP contribution is 2.50. The Morgan fingerprint density at radius 3 is 2.09 bits per heavy atom. The van der Waals surface area contributed by atoms with E-state index in [1.54, 1.807) is 0 Å². The van der Waals surface area contributed by atoms with Gasteiger partial charge in [0.25, 0.3) is 0 Å². The molecule has 7 aromatic rings. The van der Waals surface area contributed by atoms with Crippen molar-refractivity contribution in [1.29, 1.82) is 0 Å². The summed E-state index contributed by atoms with van der Waals surface area (Å²) in [4.78, 5) is 2.57. The third-order valence-electron chi connectivity index (χ3n) is 12.2. The molecule has 0 saturated heterocycles. The maximum Gasteiger partial charge on any atom is 0.0585 e. The summed E-state index contributed by atoms with van der Waals surface area (Å²) in [5, 5.41) is 3.96. The molecule has 6 aromatic carbocycles. The minimum Gasteiger partial charge on any atom is -0.334 e. The third kappa shape index (κ3) is 5.23. The van der Waals surface area contributed by atoms with E-state index in [0.29, 0.717) is 5.92 Å². The zero-order valence-electron chi connectivity index (χ0n) is 31.2. The SMILES string of the molecule is CC1C=C(C2C=c3c(n(-c4ccccc4)c4ccccc34)=CC2)C=CC1N(c1ccc(-c2ccccc2)cc1)c1ccc2c(c1)C(C)(C)c1ccccc1-2. The number of allylic oxidation sites excluding steroid dienone is 2. The Kier molecular flexibility index (Phi) is 7.70. The first-order valence-electron chi connectivity index (χ1n) is 19.4. The topological polar surface area (TPSA) is 8.17 Å². The molecule has 2 heteroatoms. The first-order valence-corrected chi connectivity index (χ1v) is 19.4. The molecule has 0 N–H and O–H groups in total. The van der Waals surface area contributed by atoms with Crippen molar-refractivity contribution in [2.75, 3.05) is 4.90 Å². The monoisotopic (exact) mass is 696 g/mol. The predicted molar refractivity (Wildman–Crippen MR) is 228 cm³/mol. The number of fused-ring (bicyclic) bond motifs is 6. The molecule has 0 radical (unpaired) electrons. The normalized spacial score (nSPS) is 19.2. The van der Waals surface area contributed by atoms with Crippen LogP contribution in [0.3, 0.4) is 0 Å². The van der Waals surface area contributed by atoms with Gasteiger partial charge in [0.05, 0.1) is 11.6 Å². The van der Waals surface area contributed by atoms with Crippen molar-refractivity contribution >= 4 is 34.4 Å². The molecule has 2 nitrogen and oxygen atoms in total. The number of anilines is 2. The summed E-state index contributed by atoms with van der Waals surface area (Å²) in [5.41, 5.74) is 14.2. The third-order valence-corrected chi connectivity index (χ3v) is 12.2. The summed E-state index contributed by atoms with van der Waals surface area (Å²) in [6.07, 6.45) is 13.4. The summed E-state index contributed by atoms with van der Waals surface area (Å²) in [7, 11) is 0. The summed E-state index contributed by atoms with van der Waals surface area (Å²) in [5.74, 6) is 0.614. The standard InChI is InChI=1S/C52H44N2/c1-35-32-38(39-25-31-51-46(33-39)45-19-11-13-21-50(45)54(51)40-16-8-5-9-17-40)24-30-49(35)53(41-26-22-37(23-27-41)36-14-6-4-7-15-36)42-28-29-44-43-18-10-12-20-47(43)52(2,3)48(44)34-42/h4-24,26-35,39,49H,25H2,1-3H3. The van der Waals surface area contributed by atoms with Crippen LogP contribution in [0.5, 0.6) is 0 Å². The van der Waals surface area contributed by atoms with Crippen LogP contribution in [-0.4, -0.2) is 10.6 Å². The summed E-state index contributed by atoms with van der Waals surface area (Å²) >= 11 is 0. The van der Waals surface area contributed by atoms with E-state index in [1.807, 2.05) is 0 Å². The van der Waals surface area contributed by atoms with Crippen LogP contribution < -0.4 is 15.5 Å². The number of para-hydroxylation sites is 2. The highest BCUT2D eigenvalue weighted by Gasteiger charge is 2.36. The fourth-order valence-corrected chi connectivity index (χ4v) is 9.45. The molecule has 0 spiro atoms. The van der Waals surface area contributed by atoms with Crippen LogP contribution >= 0.6 is 0 Å². The molecule has 3 unspecified atom stereocenters. The van der Waals surface area contributed by atoms with E-state index >= 15 is 0 Å². The predicted octanol–water partition coefficient (Wildman–Crippen LogP) is 11.5. The van der Waals surface area contributed by atoms with Crippen molar-refractivity contribution < 1.29 is 0 Å². The Morgan fingerprint density at radius 1 is 0.630 bits per heavy atom. The lowest BCUT2D eigenvalue weighted by Gasteiger charge is -2.38. The molecule has 0 saturated carbocycles. The number of benzene rings is 6. The number of hydrogen-bond acceptors (Lipinski definition) is 1. The van der Waals surface area contributed by atoms with Crippen LogP contribution in [0.15, 0.2) is 175 Å². The van der Waals surface area contributed by atoms with Crippen LogP contribution in [0.25, 0.3) is 51.0 Å². The number of aromatic nitrogens is 1. The molecule has 1 aromatic heterocycles. The van der Waals surface area contributed by atoms with Gasteiger partial charge >= 0.3 is 0 Å². The second-order valence-electron chi connectivity index (χ2n) is 15.8. The second kappa shape index (κ2) is 12.8. The van der Waals surface area contributed by atoms with Gasteiger partial charge in [-0.25, -0.2) is 0 Å². The fraction of sp³-hybridized carbons (Fsp3) is 0.154. The smallest absolute Gasteiger partial charge is 0.0585 e. The van der Waals surface area contributed by atoms with Gasteiger partial charge in [0.15, 0.2) is 0 Å². The Balaban J connectivity index is 1.03. The van der Waals surface area contributed by atoms with E-state index < -0.39 is 0 Å². The van der Waals surface area contributed by atoms with Gasteiger partial charge in [0.1, 0.15) is 0 Å². The Labute approximate surface area is 318 Å². The van der Waals surface area contributed by atoms with E-state index in [-0.39, 0.29) is 17.4 Å². The molecule has 0 aliphatic heterocycles. The Hall–Kier alpha value is -6.12. The van der Waals surface area contributed by atoms with Gasteiger partial charge in [-0.15, -0.1) is 0 Å². The van der Waals surface area contributed by atoms with Gasteiger partial charge in [0.2, 0.25) is 0 Å². The second-order valence-corrected chi connectivity index (χ2v) is 15.8. The van der Waals surface area contributed by atoms with Gasteiger partial charge in [-0.2, -0.15) is 0 Å². The molecule has 10 rings (SSSR count). The van der Waals surface area contributed by atoms with Gasteiger partial charge < -0.3 is 9.47 Å². The van der Waals surface area contributed by atoms with Gasteiger partial charge in [-0.1, -0.05) is 160 Å². The van der Waals surface area contributed by atoms with Gasteiger partial charge in [-0.3, -0.25) is 0 Å². The Morgan fingerprint density at radius 2 is 1.30 bits per heavy atom. The first kappa shape index (κ1) is 32.5. The molecule has 1 heterocycles. The largest absolute Gasteiger partial charge is 0.334 e. The lowest BCUT2D eigenvalue weighted by Crippen LogP contribution is -2.36. The molecule has 0 amide bonds. The molecule has 3 aliphatic rings. The van der Waals surface area contributed by atoms with E-state index in [1.165, 1.54) is 77.5 Å². The number of nitrogens with zero attached hydrogens (tertiary/aromatic N) is 2. The fourth-order valence-electron chi connectivity index (χ4n) is 9.45. The van der Waals surface area contributed by atoms with E-state index in [0.717, 1.165) is 6.42 Å². The van der Waals surface area contributed by atoms with Crippen molar-refractivity contribution in [1.82, 2.24) is 4.57 Å². The zero-order valence-corrected chi connectivity index (χ0v) is 31.2. The maximum absolute atomic E-state index is 2.57. The quantitative estimate of drug-likeness (QED) is 0.168. The van der Waals surface area contributed by atoms with Crippen LogP contribution in [0.2, 0.25) is 0 Å². The molecule has 3 aliphatic carbocycles. The van der Waals surface area contributed by atoms with Crippen molar-refractivity contribution in [2.24, 2.45) is 11.8 Å². The summed E-state index contributed by atoms with van der Waals surface area (Å²) < 4.78 is 2.43. The van der Waals surface area contributed by atoms with Crippen LogP contribution in [0.1, 0.15) is 38.3 Å². The van der Waals surface area contributed by atoms with Crippen LogP contribution in [0.4, 0.5) is 11.4 Å². The summed E-state index contributed by atoms with van der Waals surface area (Å²) in [6, 6.07) is 55.7. The molecule has 3 atom stereocenters. The highest BCUT2D eigenvalue weighted by molar-refractivity contribution is 5.86.